The van der Waals surface area contributed by atoms with E-state index in [1.807, 2.05) is 13.8 Å². The van der Waals surface area contributed by atoms with Crippen LogP contribution >= 0.6 is 11.6 Å². The van der Waals surface area contributed by atoms with Gasteiger partial charge in [-0.25, -0.2) is 13.9 Å². The summed E-state index contributed by atoms with van der Waals surface area (Å²) in [6, 6.07) is 4.01. The molecule has 0 fully saturated rings. The van der Waals surface area contributed by atoms with Crippen molar-refractivity contribution >= 4 is 28.9 Å². The minimum absolute atomic E-state index is 0.0353. The van der Waals surface area contributed by atoms with Crippen LogP contribution < -0.4 is 5.32 Å². The van der Waals surface area contributed by atoms with Crippen LogP contribution in [-0.2, 0) is 13.0 Å². The van der Waals surface area contributed by atoms with Crippen LogP contribution in [0.5, 0.6) is 0 Å². The van der Waals surface area contributed by atoms with Gasteiger partial charge >= 0.3 is 0 Å². The van der Waals surface area contributed by atoms with Crippen molar-refractivity contribution in [1.82, 2.24) is 19.9 Å². The summed E-state index contributed by atoms with van der Waals surface area (Å²) in [6.07, 6.45) is 4.09. The molecule has 144 valence electrons. The van der Waals surface area contributed by atoms with Crippen molar-refractivity contribution in [2.75, 3.05) is 0 Å². The van der Waals surface area contributed by atoms with E-state index in [1.54, 1.807) is 4.52 Å². The van der Waals surface area contributed by atoms with E-state index in [0.29, 0.717) is 35.2 Å². The number of Topliss-reactive ketones (excluding diaryl/α,β-unsaturated/α-hetero) is 1. The first-order valence-electron chi connectivity index (χ1n) is 8.86. The molecule has 0 bridgehead atoms. The summed E-state index contributed by atoms with van der Waals surface area (Å²) in [5, 5.41) is 7.30. The first-order chi connectivity index (χ1) is 13.2. The summed E-state index contributed by atoms with van der Waals surface area (Å²) in [7, 11) is 0. The second-order valence-corrected chi connectivity index (χ2v) is 8.18. The average Bonchev–Trinajstić information content (AvgIpc) is 3.04. The molecule has 0 radical (unpaired) electrons. The zero-order chi connectivity index (χ0) is 20.1. The number of rotatable bonds is 3. The molecule has 1 N–H and O–H groups in total. The maximum absolute atomic E-state index is 13.1. The summed E-state index contributed by atoms with van der Waals surface area (Å²) in [5.74, 6) is -0.772. The van der Waals surface area contributed by atoms with E-state index in [1.165, 1.54) is 30.6 Å². The number of aromatic nitrogens is 3. The lowest BCUT2D eigenvalue weighted by Gasteiger charge is -2.29. The molecule has 0 unspecified atom stereocenters. The highest BCUT2D eigenvalue weighted by Gasteiger charge is 2.33. The lowest BCUT2D eigenvalue weighted by Crippen LogP contribution is -2.29. The molecule has 4 rings (SSSR count). The predicted molar refractivity (Wildman–Crippen MR) is 102 cm³/mol. The average molecular weight is 401 g/mol. The number of nitrogens with one attached hydrogen (secondary N) is 1. The second kappa shape index (κ2) is 6.67. The molecule has 0 aliphatic heterocycles. The Bertz CT molecular complexity index is 1120. The third kappa shape index (κ3) is 3.26. The number of carbonyl (C=O) groups excluding carboxylic acids is 2. The Hall–Kier alpha value is -2.80. The molecule has 0 spiro atoms. The number of carbonyl (C=O) groups is 2. The third-order valence-electron chi connectivity index (χ3n) is 4.91. The van der Waals surface area contributed by atoms with E-state index in [0.717, 1.165) is 5.69 Å². The van der Waals surface area contributed by atoms with Gasteiger partial charge in [0.15, 0.2) is 11.4 Å². The summed E-state index contributed by atoms with van der Waals surface area (Å²) in [5.41, 5.74) is 2.45. The second-order valence-electron chi connectivity index (χ2n) is 7.77. The Balaban J connectivity index is 1.63. The zero-order valence-electron chi connectivity index (χ0n) is 15.4. The van der Waals surface area contributed by atoms with E-state index >= 15 is 0 Å². The first kappa shape index (κ1) is 18.6. The normalized spacial score (nSPS) is 15.5. The van der Waals surface area contributed by atoms with Gasteiger partial charge in [0, 0.05) is 24.2 Å². The van der Waals surface area contributed by atoms with E-state index < -0.39 is 5.82 Å². The highest BCUT2D eigenvalue weighted by molar-refractivity contribution is 6.31. The molecule has 1 amide bonds. The highest BCUT2D eigenvalue weighted by atomic mass is 35.5. The number of benzene rings is 1. The summed E-state index contributed by atoms with van der Waals surface area (Å²) in [6.45, 7) is 4.21. The van der Waals surface area contributed by atoms with Gasteiger partial charge in [-0.3, -0.25) is 9.59 Å². The topological polar surface area (TPSA) is 76.4 Å². The number of fused-ring (bicyclic) bond motifs is 3. The maximum atomic E-state index is 13.1. The fraction of sp³-hybridized carbons (Fsp3) is 0.300. The van der Waals surface area contributed by atoms with Gasteiger partial charge in [-0.1, -0.05) is 31.5 Å². The maximum Gasteiger partial charge on any atom is 0.257 e. The van der Waals surface area contributed by atoms with Crippen molar-refractivity contribution in [3.05, 3.63) is 63.8 Å². The van der Waals surface area contributed by atoms with Gasteiger partial charge in [0.05, 0.1) is 17.5 Å². The van der Waals surface area contributed by atoms with Crippen molar-refractivity contribution in [3.63, 3.8) is 0 Å². The van der Waals surface area contributed by atoms with Crippen LogP contribution in [0, 0.1) is 11.2 Å². The molecule has 0 saturated heterocycles. The molecule has 6 nitrogen and oxygen atoms in total. The van der Waals surface area contributed by atoms with Gasteiger partial charge in [-0.05, 0) is 29.5 Å². The van der Waals surface area contributed by atoms with E-state index in [9.17, 15) is 14.0 Å². The fourth-order valence-corrected chi connectivity index (χ4v) is 3.76. The smallest absolute Gasteiger partial charge is 0.257 e. The van der Waals surface area contributed by atoms with Crippen molar-refractivity contribution < 1.29 is 14.0 Å². The molecule has 28 heavy (non-hydrogen) atoms. The molecular weight excluding hydrogens is 383 g/mol. The van der Waals surface area contributed by atoms with Gasteiger partial charge in [0.1, 0.15) is 11.4 Å². The Kier molecular flexibility index (Phi) is 4.42. The minimum atomic E-state index is -0.436. The van der Waals surface area contributed by atoms with E-state index in [4.69, 9.17) is 11.6 Å². The lowest BCUT2D eigenvalue weighted by atomic mass is 9.76. The molecule has 1 aliphatic carbocycles. The van der Waals surface area contributed by atoms with E-state index in [2.05, 4.69) is 15.4 Å². The number of hydrogen-bond acceptors (Lipinski definition) is 4. The van der Waals surface area contributed by atoms with Crippen molar-refractivity contribution in [2.45, 2.75) is 33.2 Å². The Morgan fingerprint density at radius 3 is 2.86 bits per heavy atom. The molecule has 1 aromatic carbocycles. The SMILES string of the molecule is CC1(C)CC(=O)c2cnc3c(C(=O)NCc4ccc(F)cc4Cl)cnn3c2C1. The zero-order valence-corrected chi connectivity index (χ0v) is 16.2. The molecule has 3 aromatic rings. The van der Waals surface area contributed by atoms with Crippen LogP contribution in [0.15, 0.2) is 30.6 Å². The van der Waals surface area contributed by atoms with Crippen LogP contribution in [0.4, 0.5) is 4.39 Å². The van der Waals surface area contributed by atoms with Crippen LogP contribution in [-0.4, -0.2) is 26.3 Å². The molecule has 0 saturated carbocycles. The largest absolute Gasteiger partial charge is 0.348 e. The van der Waals surface area contributed by atoms with Crippen molar-refractivity contribution in [3.8, 4) is 0 Å². The monoisotopic (exact) mass is 400 g/mol. The van der Waals surface area contributed by atoms with Gasteiger partial charge in [0.25, 0.3) is 5.91 Å². The van der Waals surface area contributed by atoms with Gasteiger partial charge in [0.2, 0.25) is 0 Å². The molecule has 1 aliphatic rings. The number of halogens is 2. The predicted octanol–water partition coefficient (Wildman–Crippen LogP) is 3.61. The van der Waals surface area contributed by atoms with Crippen LogP contribution in [0.25, 0.3) is 5.65 Å². The van der Waals surface area contributed by atoms with Gasteiger partial charge < -0.3 is 5.32 Å². The number of nitrogens with zero attached hydrogens (tertiary/aromatic N) is 3. The molecule has 0 atom stereocenters. The number of ketones is 1. The molecule has 8 heteroatoms. The Morgan fingerprint density at radius 2 is 2.11 bits per heavy atom. The van der Waals surface area contributed by atoms with E-state index in [-0.39, 0.29) is 28.7 Å². The Morgan fingerprint density at radius 1 is 1.32 bits per heavy atom. The first-order valence-corrected chi connectivity index (χ1v) is 9.24. The molecule has 2 aromatic heterocycles. The van der Waals surface area contributed by atoms with Gasteiger partial charge in [-0.2, -0.15) is 5.10 Å². The number of amides is 1. The van der Waals surface area contributed by atoms with Crippen LogP contribution in [0.2, 0.25) is 5.02 Å². The van der Waals surface area contributed by atoms with Gasteiger partial charge in [-0.15, -0.1) is 0 Å². The van der Waals surface area contributed by atoms with Crippen molar-refractivity contribution in [1.29, 1.82) is 0 Å². The van der Waals surface area contributed by atoms with Crippen molar-refractivity contribution in [2.24, 2.45) is 5.41 Å². The van der Waals surface area contributed by atoms with Crippen LogP contribution in [0.1, 0.15) is 52.2 Å². The third-order valence-corrected chi connectivity index (χ3v) is 5.26. The summed E-state index contributed by atoms with van der Waals surface area (Å²) >= 11 is 6.00. The van der Waals surface area contributed by atoms with Crippen LogP contribution in [0.3, 0.4) is 0 Å². The highest BCUT2D eigenvalue weighted by Crippen LogP contribution is 2.34. The number of hydrogen-bond donors (Lipinski definition) is 1. The standard InChI is InChI=1S/C20H18ClFN4O2/c1-20(2)6-16-13(17(27)7-20)9-23-18-14(10-25-26(16)18)19(28)24-8-11-3-4-12(22)5-15(11)21/h3-5,9-10H,6-8H2,1-2H3,(H,24,28). The molecular formula is C20H18ClFN4O2. The summed E-state index contributed by atoms with van der Waals surface area (Å²) in [4.78, 5) is 29.3. The fourth-order valence-electron chi connectivity index (χ4n) is 3.52. The summed E-state index contributed by atoms with van der Waals surface area (Å²) < 4.78 is 14.7. The molecule has 2 heterocycles. The quantitative estimate of drug-likeness (QED) is 0.728. The lowest BCUT2D eigenvalue weighted by molar-refractivity contribution is 0.0907. The Labute approximate surface area is 165 Å². The minimum Gasteiger partial charge on any atom is -0.348 e.